The Morgan fingerprint density at radius 2 is 0.877 bits per heavy atom. The van der Waals surface area contributed by atoms with Crippen LogP contribution in [-0.2, 0) is 14.3 Å². The molecule has 0 aromatic rings. The summed E-state index contributed by atoms with van der Waals surface area (Å²) in [6, 6.07) is -0.702. The molecule has 0 aromatic carbocycles. The minimum atomic E-state index is -0.787. The van der Waals surface area contributed by atoms with Gasteiger partial charge >= 0.3 is 5.97 Å². The van der Waals surface area contributed by atoms with Crippen LogP contribution in [-0.4, -0.2) is 46.9 Å². The molecule has 0 aliphatic rings. The number of rotatable bonds is 45. The Labute approximate surface area is 354 Å². The summed E-state index contributed by atoms with van der Waals surface area (Å²) in [5.74, 6) is -0.483. The second-order valence-corrected chi connectivity index (χ2v) is 17.3. The number of amides is 1. The van der Waals surface area contributed by atoms with E-state index in [-0.39, 0.29) is 24.9 Å². The summed E-state index contributed by atoms with van der Waals surface area (Å²) in [5.41, 5.74) is 0. The van der Waals surface area contributed by atoms with Crippen molar-refractivity contribution in [3.8, 4) is 0 Å². The second-order valence-electron chi connectivity index (χ2n) is 17.3. The maximum absolute atomic E-state index is 13.1. The number of carbonyl (C=O) groups excluding carboxylic acids is 2. The van der Waals surface area contributed by atoms with Crippen LogP contribution < -0.4 is 5.32 Å². The third-order valence-electron chi connectivity index (χ3n) is 11.6. The van der Waals surface area contributed by atoms with Crippen molar-refractivity contribution in [3.63, 3.8) is 0 Å². The first-order valence-electron chi connectivity index (χ1n) is 25.1. The predicted octanol–water partition coefficient (Wildman–Crippen LogP) is 14.7. The SMILES string of the molecule is CCCCC/C=C/C=C/CCCCCCC(CC(=O)NC(CO)C(O)CCCCCCCCCCC)OC(=O)CCCCCCCCCCCCCCCCCC. The Hall–Kier alpha value is -1.66. The summed E-state index contributed by atoms with van der Waals surface area (Å²) in [4.78, 5) is 26.1. The van der Waals surface area contributed by atoms with Crippen molar-refractivity contribution in [1.29, 1.82) is 0 Å². The number of carbonyl (C=O) groups is 2. The van der Waals surface area contributed by atoms with Crippen LogP contribution in [0.1, 0.15) is 265 Å². The molecule has 57 heavy (non-hydrogen) atoms. The molecule has 0 heterocycles. The summed E-state index contributed by atoms with van der Waals surface area (Å²) >= 11 is 0. The molecule has 0 saturated heterocycles. The van der Waals surface area contributed by atoms with Gasteiger partial charge in [-0.15, -0.1) is 0 Å². The Balaban J connectivity index is 4.55. The zero-order valence-corrected chi connectivity index (χ0v) is 38.2. The maximum atomic E-state index is 13.1. The largest absolute Gasteiger partial charge is 0.462 e. The van der Waals surface area contributed by atoms with E-state index in [1.807, 2.05) is 0 Å². The van der Waals surface area contributed by atoms with Crippen molar-refractivity contribution in [2.24, 2.45) is 0 Å². The number of esters is 1. The Morgan fingerprint density at radius 3 is 1.33 bits per heavy atom. The number of aliphatic hydroxyl groups excluding tert-OH is 2. The molecule has 0 saturated carbocycles. The van der Waals surface area contributed by atoms with Crippen LogP contribution in [0.15, 0.2) is 24.3 Å². The van der Waals surface area contributed by atoms with E-state index in [2.05, 4.69) is 50.4 Å². The lowest BCUT2D eigenvalue weighted by Gasteiger charge is -2.24. The molecule has 3 atom stereocenters. The molecule has 1 amide bonds. The van der Waals surface area contributed by atoms with Gasteiger partial charge in [-0.3, -0.25) is 9.59 Å². The summed E-state index contributed by atoms with van der Waals surface area (Å²) in [5, 5.41) is 23.6. The number of unbranched alkanes of at least 4 members (excludes halogenated alkanes) is 30. The number of hydrogen-bond donors (Lipinski definition) is 3. The average molecular weight is 804 g/mol. The van der Waals surface area contributed by atoms with Gasteiger partial charge in [0.1, 0.15) is 6.10 Å². The minimum absolute atomic E-state index is 0.0687. The van der Waals surface area contributed by atoms with Gasteiger partial charge < -0.3 is 20.3 Å². The van der Waals surface area contributed by atoms with Crippen molar-refractivity contribution in [3.05, 3.63) is 24.3 Å². The Kier molecular flexibility index (Phi) is 44.1. The van der Waals surface area contributed by atoms with Crippen molar-refractivity contribution in [1.82, 2.24) is 5.32 Å². The molecular formula is C51H97NO5. The smallest absolute Gasteiger partial charge is 0.306 e. The molecule has 0 aromatic heterocycles. The van der Waals surface area contributed by atoms with E-state index >= 15 is 0 Å². The molecule has 336 valence electrons. The average Bonchev–Trinajstić information content (AvgIpc) is 3.20. The molecule has 3 unspecified atom stereocenters. The van der Waals surface area contributed by atoms with Gasteiger partial charge in [0.15, 0.2) is 0 Å². The van der Waals surface area contributed by atoms with Gasteiger partial charge in [0.05, 0.1) is 25.2 Å². The fraction of sp³-hybridized carbons (Fsp3) is 0.882. The Morgan fingerprint density at radius 1 is 0.509 bits per heavy atom. The first kappa shape index (κ1) is 55.3. The highest BCUT2D eigenvalue weighted by Crippen LogP contribution is 2.18. The van der Waals surface area contributed by atoms with Crippen molar-refractivity contribution in [2.45, 2.75) is 283 Å². The number of allylic oxidation sites excluding steroid dienone is 4. The van der Waals surface area contributed by atoms with Gasteiger partial charge in [-0.1, -0.05) is 225 Å². The van der Waals surface area contributed by atoms with Gasteiger partial charge in [-0.05, 0) is 51.4 Å². The van der Waals surface area contributed by atoms with E-state index < -0.39 is 18.2 Å². The molecule has 0 bridgehead atoms. The van der Waals surface area contributed by atoms with Crippen molar-refractivity contribution >= 4 is 11.9 Å². The summed E-state index contributed by atoms with van der Waals surface area (Å²) in [6.07, 6.45) is 51.0. The van der Waals surface area contributed by atoms with E-state index in [4.69, 9.17) is 4.74 Å². The zero-order valence-electron chi connectivity index (χ0n) is 38.2. The molecule has 0 aliphatic heterocycles. The van der Waals surface area contributed by atoms with E-state index in [0.29, 0.717) is 19.3 Å². The number of ether oxygens (including phenoxy) is 1. The third kappa shape index (κ3) is 40.9. The molecular weight excluding hydrogens is 707 g/mol. The fourth-order valence-corrected chi connectivity index (χ4v) is 7.72. The van der Waals surface area contributed by atoms with E-state index in [9.17, 15) is 19.8 Å². The van der Waals surface area contributed by atoms with Crippen LogP contribution in [0.4, 0.5) is 0 Å². The van der Waals surface area contributed by atoms with Crippen LogP contribution in [0, 0.1) is 0 Å². The molecule has 0 spiro atoms. The standard InChI is InChI=1S/C51H97NO5/c1-4-7-10-13-16-19-21-23-24-25-27-29-32-35-38-41-44-51(56)57-47(42-39-36-33-31-28-26-22-20-17-14-11-8-5-2)45-50(55)52-48(46-53)49(54)43-40-37-34-30-18-15-12-9-6-3/h17,20,22,26,47-49,53-54H,4-16,18-19,21,23-25,27-46H2,1-3H3,(H,52,55)/b20-17+,26-22+. The molecule has 0 fully saturated rings. The second kappa shape index (κ2) is 45.4. The maximum Gasteiger partial charge on any atom is 0.306 e. The first-order chi connectivity index (χ1) is 28.0. The molecule has 0 aliphatic carbocycles. The topological polar surface area (TPSA) is 95.9 Å². The predicted molar refractivity (Wildman–Crippen MR) is 246 cm³/mol. The minimum Gasteiger partial charge on any atom is -0.462 e. The first-order valence-corrected chi connectivity index (χ1v) is 25.1. The Bertz CT molecular complexity index is 904. The van der Waals surface area contributed by atoms with Crippen LogP contribution in [0.3, 0.4) is 0 Å². The van der Waals surface area contributed by atoms with E-state index in [1.165, 1.54) is 141 Å². The van der Waals surface area contributed by atoms with Gasteiger partial charge in [0.25, 0.3) is 0 Å². The number of nitrogens with one attached hydrogen (secondary N) is 1. The number of aliphatic hydroxyl groups is 2. The van der Waals surface area contributed by atoms with Gasteiger partial charge in [-0.25, -0.2) is 0 Å². The van der Waals surface area contributed by atoms with Gasteiger partial charge in [-0.2, -0.15) is 0 Å². The van der Waals surface area contributed by atoms with Crippen LogP contribution in [0.25, 0.3) is 0 Å². The molecule has 0 rings (SSSR count). The van der Waals surface area contributed by atoms with Crippen LogP contribution >= 0.6 is 0 Å². The molecule has 6 heteroatoms. The highest BCUT2D eigenvalue weighted by atomic mass is 16.5. The van der Waals surface area contributed by atoms with Gasteiger partial charge in [0, 0.05) is 6.42 Å². The van der Waals surface area contributed by atoms with Gasteiger partial charge in [0.2, 0.25) is 5.91 Å². The molecule has 3 N–H and O–H groups in total. The van der Waals surface area contributed by atoms with E-state index in [1.54, 1.807) is 0 Å². The van der Waals surface area contributed by atoms with Crippen LogP contribution in [0.5, 0.6) is 0 Å². The van der Waals surface area contributed by atoms with Crippen molar-refractivity contribution < 1.29 is 24.5 Å². The lowest BCUT2D eigenvalue weighted by molar-refractivity contribution is -0.151. The highest BCUT2D eigenvalue weighted by molar-refractivity contribution is 5.77. The summed E-state index contributed by atoms with van der Waals surface area (Å²) in [7, 11) is 0. The zero-order chi connectivity index (χ0) is 41.7. The van der Waals surface area contributed by atoms with Crippen molar-refractivity contribution in [2.75, 3.05) is 6.61 Å². The monoisotopic (exact) mass is 804 g/mol. The molecule has 0 radical (unpaired) electrons. The molecule has 6 nitrogen and oxygen atoms in total. The fourth-order valence-electron chi connectivity index (χ4n) is 7.72. The highest BCUT2D eigenvalue weighted by Gasteiger charge is 2.24. The van der Waals surface area contributed by atoms with E-state index in [0.717, 1.165) is 77.0 Å². The third-order valence-corrected chi connectivity index (χ3v) is 11.6. The quantitative estimate of drug-likeness (QED) is 0.0324. The number of hydrogen-bond acceptors (Lipinski definition) is 5. The summed E-state index contributed by atoms with van der Waals surface area (Å²) < 4.78 is 5.92. The summed E-state index contributed by atoms with van der Waals surface area (Å²) in [6.45, 7) is 6.44. The lowest BCUT2D eigenvalue weighted by atomic mass is 10.0. The normalized spacial score (nSPS) is 13.4. The lowest BCUT2D eigenvalue weighted by Crippen LogP contribution is -2.46. The van der Waals surface area contributed by atoms with Crippen LogP contribution in [0.2, 0.25) is 0 Å².